The number of rotatable bonds is 8. The molecule has 0 aromatic carbocycles. The van der Waals surface area contributed by atoms with E-state index < -0.39 is 22.0 Å². The highest BCUT2D eigenvalue weighted by molar-refractivity contribution is 7.89. The van der Waals surface area contributed by atoms with Crippen LogP contribution >= 0.6 is 0 Å². The predicted molar refractivity (Wildman–Crippen MR) is 77.6 cm³/mol. The first-order chi connectivity index (χ1) is 10.2. The van der Waals surface area contributed by atoms with E-state index in [1.807, 2.05) is 0 Å². The van der Waals surface area contributed by atoms with Gasteiger partial charge in [-0.25, -0.2) is 13.4 Å². The molecule has 0 aliphatic rings. The number of hydrogen-bond acceptors (Lipinski definition) is 5. The van der Waals surface area contributed by atoms with Crippen LogP contribution in [0.15, 0.2) is 17.6 Å². The summed E-state index contributed by atoms with van der Waals surface area (Å²) in [5, 5.41) is 11.5. The van der Waals surface area contributed by atoms with E-state index in [9.17, 15) is 18.0 Å². The van der Waals surface area contributed by atoms with Crippen molar-refractivity contribution in [2.45, 2.75) is 38.4 Å². The van der Waals surface area contributed by atoms with Gasteiger partial charge in [0, 0.05) is 26.6 Å². The monoisotopic (exact) mass is 332 g/mol. The summed E-state index contributed by atoms with van der Waals surface area (Å²) in [4.78, 5) is 25.9. The second-order valence-electron chi connectivity index (χ2n) is 4.63. The molecule has 1 rings (SSSR count). The molecule has 1 heterocycles. The molecule has 0 aliphatic carbocycles. The first kappa shape index (κ1) is 18.1. The van der Waals surface area contributed by atoms with Crippen molar-refractivity contribution in [1.82, 2.24) is 19.2 Å². The number of sulfonamides is 1. The van der Waals surface area contributed by atoms with Crippen LogP contribution in [0.3, 0.4) is 0 Å². The van der Waals surface area contributed by atoms with Gasteiger partial charge in [0.05, 0.1) is 12.5 Å². The number of aliphatic carboxylic acids is 1. The lowest BCUT2D eigenvalue weighted by molar-refractivity contribution is -0.140. The number of amides is 1. The molecule has 0 bridgehead atoms. The Kier molecular flexibility index (Phi) is 6.06. The van der Waals surface area contributed by atoms with Gasteiger partial charge in [-0.1, -0.05) is 0 Å². The minimum atomic E-state index is -4.04. The summed E-state index contributed by atoms with van der Waals surface area (Å²) in [6, 6.07) is -1.26. The van der Waals surface area contributed by atoms with Crippen molar-refractivity contribution in [3.8, 4) is 0 Å². The number of hydrogen-bond donors (Lipinski definition) is 2. The van der Waals surface area contributed by atoms with Crippen LogP contribution in [0.5, 0.6) is 0 Å². The number of carbonyl (C=O) groups excluding carboxylic acids is 1. The number of aromatic nitrogens is 2. The summed E-state index contributed by atoms with van der Waals surface area (Å²) < 4.78 is 27.6. The lowest BCUT2D eigenvalue weighted by atomic mass is 10.3. The van der Waals surface area contributed by atoms with Crippen molar-refractivity contribution < 1.29 is 23.1 Å². The van der Waals surface area contributed by atoms with Crippen molar-refractivity contribution in [2.75, 3.05) is 13.1 Å². The topological polar surface area (TPSA) is 122 Å². The Morgan fingerprint density at radius 1 is 1.50 bits per heavy atom. The second-order valence-corrected chi connectivity index (χ2v) is 6.47. The molecule has 0 fully saturated rings. The summed E-state index contributed by atoms with van der Waals surface area (Å²) >= 11 is 0. The quantitative estimate of drug-likeness (QED) is 0.662. The SMILES string of the molecule is CCn1cncc1S(=O)(=O)N(CCNC(C)=O)C(C)C(=O)O. The number of carbonyl (C=O) groups is 2. The largest absolute Gasteiger partial charge is 0.480 e. The molecule has 124 valence electrons. The summed E-state index contributed by atoms with van der Waals surface area (Å²) in [7, 11) is -4.04. The third-order valence-corrected chi connectivity index (χ3v) is 5.07. The average Bonchev–Trinajstić information content (AvgIpc) is 2.91. The van der Waals surface area contributed by atoms with E-state index in [-0.39, 0.29) is 24.0 Å². The molecule has 22 heavy (non-hydrogen) atoms. The van der Waals surface area contributed by atoms with E-state index in [2.05, 4.69) is 10.3 Å². The molecular weight excluding hydrogens is 312 g/mol. The zero-order chi connectivity index (χ0) is 16.9. The number of nitrogens with zero attached hydrogens (tertiary/aromatic N) is 3. The molecule has 0 radical (unpaired) electrons. The third-order valence-electron chi connectivity index (χ3n) is 3.08. The lowest BCUT2D eigenvalue weighted by Gasteiger charge is -2.25. The van der Waals surface area contributed by atoms with Crippen LogP contribution in [0.4, 0.5) is 0 Å². The van der Waals surface area contributed by atoms with E-state index in [4.69, 9.17) is 5.11 Å². The number of imidazole rings is 1. The average molecular weight is 332 g/mol. The Morgan fingerprint density at radius 3 is 2.64 bits per heavy atom. The maximum absolute atomic E-state index is 12.7. The van der Waals surface area contributed by atoms with Gasteiger partial charge in [-0.15, -0.1) is 0 Å². The zero-order valence-corrected chi connectivity index (χ0v) is 13.5. The van der Waals surface area contributed by atoms with Crippen LogP contribution in [0.2, 0.25) is 0 Å². The molecule has 0 saturated heterocycles. The van der Waals surface area contributed by atoms with Gasteiger partial charge in [-0.05, 0) is 13.8 Å². The Hall–Kier alpha value is -1.94. The normalized spacial score (nSPS) is 13.1. The van der Waals surface area contributed by atoms with Gasteiger partial charge < -0.3 is 15.0 Å². The number of carboxylic acids is 1. The summed E-state index contributed by atoms with van der Waals surface area (Å²) in [6.07, 6.45) is 2.54. The van der Waals surface area contributed by atoms with Crippen molar-refractivity contribution in [2.24, 2.45) is 0 Å². The smallest absolute Gasteiger partial charge is 0.321 e. The fourth-order valence-corrected chi connectivity index (χ4v) is 3.61. The van der Waals surface area contributed by atoms with Crippen LogP contribution in [-0.4, -0.2) is 58.4 Å². The number of carboxylic acid groups (broad SMARTS) is 1. The van der Waals surface area contributed by atoms with E-state index in [0.29, 0.717) is 6.54 Å². The van der Waals surface area contributed by atoms with Gasteiger partial charge in [-0.3, -0.25) is 9.59 Å². The van der Waals surface area contributed by atoms with Crippen LogP contribution in [0.25, 0.3) is 0 Å². The van der Waals surface area contributed by atoms with Crippen LogP contribution in [0.1, 0.15) is 20.8 Å². The lowest BCUT2D eigenvalue weighted by Crippen LogP contribution is -2.47. The Bertz CT molecular complexity index is 640. The first-order valence-electron chi connectivity index (χ1n) is 6.71. The van der Waals surface area contributed by atoms with E-state index in [0.717, 1.165) is 4.31 Å². The molecule has 1 atom stereocenters. The molecule has 0 saturated carbocycles. The highest BCUT2D eigenvalue weighted by atomic mass is 32.2. The fraction of sp³-hybridized carbons (Fsp3) is 0.583. The molecule has 1 aromatic heterocycles. The maximum atomic E-state index is 12.7. The predicted octanol–water partition coefficient (Wildman–Crippen LogP) is -0.497. The molecule has 1 aromatic rings. The summed E-state index contributed by atoms with van der Waals surface area (Å²) in [5.74, 6) is -1.59. The summed E-state index contributed by atoms with van der Waals surface area (Å²) in [5.41, 5.74) is 0. The maximum Gasteiger partial charge on any atom is 0.321 e. The standard InChI is InChI=1S/C12H20N4O5S/c1-4-15-8-13-7-11(15)22(20,21)16(9(2)12(18)19)6-5-14-10(3)17/h7-9H,4-6H2,1-3H3,(H,14,17)(H,18,19). The second kappa shape index (κ2) is 7.36. The summed E-state index contributed by atoms with van der Waals surface area (Å²) in [6.45, 7) is 4.58. The van der Waals surface area contributed by atoms with E-state index in [1.54, 1.807) is 6.92 Å². The first-order valence-corrected chi connectivity index (χ1v) is 8.15. The fourth-order valence-electron chi connectivity index (χ4n) is 1.87. The van der Waals surface area contributed by atoms with E-state index >= 15 is 0 Å². The van der Waals surface area contributed by atoms with Crippen molar-refractivity contribution in [3.05, 3.63) is 12.5 Å². The minimum Gasteiger partial charge on any atom is -0.480 e. The Balaban J connectivity index is 3.13. The molecule has 0 aliphatic heterocycles. The number of nitrogens with one attached hydrogen (secondary N) is 1. The van der Waals surface area contributed by atoms with Crippen molar-refractivity contribution in [3.63, 3.8) is 0 Å². The molecule has 10 heteroatoms. The molecule has 1 unspecified atom stereocenters. The van der Waals surface area contributed by atoms with Gasteiger partial charge >= 0.3 is 5.97 Å². The highest BCUT2D eigenvalue weighted by Crippen LogP contribution is 2.18. The zero-order valence-electron chi connectivity index (χ0n) is 12.7. The minimum absolute atomic E-state index is 0.0203. The molecular formula is C12H20N4O5S. The third kappa shape index (κ3) is 4.04. The Morgan fingerprint density at radius 2 is 2.14 bits per heavy atom. The molecule has 1 amide bonds. The Labute approximate surface area is 129 Å². The van der Waals surface area contributed by atoms with Crippen molar-refractivity contribution >= 4 is 21.9 Å². The van der Waals surface area contributed by atoms with Gasteiger partial charge in [0.1, 0.15) is 6.04 Å². The van der Waals surface area contributed by atoms with Gasteiger partial charge in [-0.2, -0.15) is 4.31 Å². The van der Waals surface area contributed by atoms with Crippen LogP contribution in [-0.2, 0) is 26.2 Å². The van der Waals surface area contributed by atoms with Crippen molar-refractivity contribution in [1.29, 1.82) is 0 Å². The molecule has 0 spiro atoms. The molecule has 2 N–H and O–H groups in total. The van der Waals surface area contributed by atoms with Crippen LogP contribution in [0, 0.1) is 0 Å². The van der Waals surface area contributed by atoms with Gasteiger partial charge in [0.25, 0.3) is 10.0 Å². The number of aryl methyl sites for hydroxylation is 1. The highest BCUT2D eigenvalue weighted by Gasteiger charge is 2.34. The van der Waals surface area contributed by atoms with Gasteiger partial charge in [0.15, 0.2) is 5.03 Å². The molecule has 9 nitrogen and oxygen atoms in total. The van der Waals surface area contributed by atoms with Crippen LogP contribution < -0.4 is 5.32 Å². The van der Waals surface area contributed by atoms with E-state index in [1.165, 1.54) is 30.9 Å². The van der Waals surface area contributed by atoms with Gasteiger partial charge in [0.2, 0.25) is 5.91 Å².